The van der Waals surface area contributed by atoms with Gasteiger partial charge in [0.15, 0.2) is 0 Å². The van der Waals surface area contributed by atoms with E-state index in [4.69, 9.17) is 16.3 Å². The third-order valence-electron chi connectivity index (χ3n) is 12.8. The number of halogens is 1. The number of piperazine rings is 1. The number of amides is 5. The fourth-order valence-electron chi connectivity index (χ4n) is 9.54. The average molecular weight is 820 g/mol. The molecule has 4 atom stereocenters. The molecule has 0 bridgehead atoms. The number of benzene rings is 3. The van der Waals surface area contributed by atoms with Gasteiger partial charge in [0.25, 0.3) is 17.7 Å². The maximum Gasteiger partial charge on any atom is 0.262 e. The lowest BCUT2D eigenvalue weighted by Crippen LogP contribution is -2.54. The van der Waals surface area contributed by atoms with Crippen molar-refractivity contribution in [2.75, 3.05) is 55.6 Å². The molecule has 5 aliphatic heterocycles. The number of carbonyl (C=O) groups excluding carboxylic acids is 5. The molecular formula is C45H50ClN7O6. The third-order valence-corrected chi connectivity index (χ3v) is 13.1. The number of carbonyl (C=O) groups is 5. The highest BCUT2D eigenvalue weighted by molar-refractivity contribution is 6.31. The fraction of sp³-hybridized carbons (Fsp3) is 0.467. The number of nitrogens with zero attached hydrogens (tertiary/aromatic N) is 6. The summed E-state index contributed by atoms with van der Waals surface area (Å²) in [7, 11) is 0. The van der Waals surface area contributed by atoms with Gasteiger partial charge in [0, 0.05) is 93.7 Å². The van der Waals surface area contributed by atoms with Crippen LogP contribution >= 0.6 is 11.6 Å². The minimum atomic E-state index is -0.971. The molecule has 3 aromatic rings. The van der Waals surface area contributed by atoms with Crippen LogP contribution < -0.4 is 19.9 Å². The van der Waals surface area contributed by atoms with Crippen molar-refractivity contribution in [3.63, 3.8) is 0 Å². The maximum absolute atomic E-state index is 13.9. The quantitative estimate of drug-likeness (QED) is 0.260. The van der Waals surface area contributed by atoms with Gasteiger partial charge in [0.2, 0.25) is 11.8 Å². The number of anilines is 2. The summed E-state index contributed by atoms with van der Waals surface area (Å²) in [4.78, 5) is 74.7. The van der Waals surface area contributed by atoms with E-state index >= 15 is 0 Å². The van der Waals surface area contributed by atoms with E-state index in [0.29, 0.717) is 45.4 Å². The Balaban J connectivity index is 0.792. The van der Waals surface area contributed by atoms with Gasteiger partial charge in [0.05, 0.1) is 27.8 Å². The lowest BCUT2D eigenvalue weighted by Gasteiger charge is -2.40. The Labute approximate surface area is 349 Å². The Bertz CT molecular complexity index is 2180. The number of piperidine rings is 2. The molecule has 0 saturated carbocycles. The van der Waals surface area contributed by atoms with Crippen LogP contribution in [0.3, 0.4) is 0 Å². The maximum atomic E-state index is 13.9. The molecule has 0 spiro atoms. The van der Waals surface area contributed by atoms with Crippen LogP contribution in [0.1, 0.15) is 95.4 Å². The van der Waals surface area contributed by atoms with Crippen molar-refractivity contribution in [1.82, 2.24) is 20.0 Å². The van der Waals surface area contributed by atoms with Gasteiger partial charge in [-0.2, -0.15) is 5.26 Å². The molecule has 0 aliphatic carbocycles. The van der Waals surface area contributed by atoms with Crippen molar-refractivity contribution < 1.29 is 28.7 Å². The highest BCUT2D eigenvalue weighted by Crippen LogP contribution is 2.34. The van der Waals surface area contributed by atoms with Crippen LogP contribution in [-0.2, 0) is 9.59 Å². The molecule has 5 heterocycles. The van der Waals surface area contributed by atoms with Crippen molar-refractivity contribution in [2.24, 2.45) is 5.92 Å². The predicted molar refractivity (Wildman–Crippen MR) is 223 cm³/mol. The fourth-order valence-corrected chi connectivity index (χ4v) is 9.75. The summed E-state index contributed by atoms with van der Waals surface area (Å²) in [5.41, 5.74) is 3.74. The van der Waals surface area contributed by atoms with Crippen LogP contribution in [0.15, 0.2) is 60.7 Å². The summed E-state index contributed by atoms with van der Waals surface area (Å²) < 4.78 is 6.14. The molecule has 3 aromatic carbocycles. The molecule has 0 radical (unpaired) electrons. The van der Waals surface area contributed by atoms with E-state index < -0.39 is 29.7 Å². The standard InChI is InChI=1S/C45H50ClN7O6/c1-28-3-7-35(23-29(2)59-36-11-6-32(26-47)39(46)25-36)52(28)43(56)31-4-8-33(9-5-31)51-21-19-49(20-22-51)27-30-15-17-50(18-16-30)34-10-12-37-38(24-34)45(58)53(44(37)57)40-13-14-41(54)48-42(40)55/h4-6,8-12,24-25,28-30,35,40H,3,7,13-23,27H2,1-2H3,(H,48,54,55). The van der Waals surface area contributed by atoms with Crippen LogP contribution in [0.25, 0.3) is 0 Å². The molecule has 4 unspecified atom stereocenters. The zero-order chi connectivity index (χ0) is 41.4. The Morgan fingerprint density at radius 2 is 1.54 bits per heavy atom. The van der Waals surface area contributed by atoms with E-state index in [9.17, 15) is 29.2 Å². The first-order chi connectivity index (χ1) is 28.5. The van der Waals surface area contributed by atoms with Gasteiger partial charge in [0.1, 0.15) is 17.9 Å². The number of likely N-dealkylation sites (tertiary alicyclic amines) is 1. The number of ether oxygens (including phenoxy) is 1. The minimum Gasteiger partial charge on any atom is -0.491 e. The molecule has 14 heteroatoms. The van der Waals surface area contributed by atoms with E-state index in [2.05, 4.69) is 45.1 Å². The number of nitriles is 1. The monoisotopic (exact) mass is 819 g/mol. The van der Waals surface area contributed by atoms with E-state index in [1.165, 1.54) is 0 Å². The van der Waals surface area contributed by atoms with Gasteiger partial charge >= 0.3 is 0 Å². The first kappa shape index (κ1) is 40.3. The Morgan fingerprint density at radius 1 is 0.847 bits per heavy atom. The summed E-state index contributed by atoms with van der Waals surface area (Å²) in [6.07, 6.45) is 4.71. The van der Waals surface area contributed by atoms with Crippen LogP contribution in [0.4, 0.5) is 11.4 Å². The molecule has 8 rings (SSSR count). The molecule has 1 N–H and O–H groups in total. The largest absolute Gasteiger partial charge is 0.491 e. The van der Waals surface area contributed by atoms with Gasteiger partial charge in [-0.15, -0.1) is 0 Å². The van der Waals surface area contributed by atoms with Crippen LogP contribution in [0.5, 0.6) is 5.75 Å². The van der Waals surface area contributed by atoms with Crippen molar-refractivity contribution in [2.45, 2.75) is 83.0 Å². The number of fused-ring (bicyclic) bond motifs is 1. The molecule has 13 nitrogen and oxygen atoms in total. The predicted octanol–water partition coefficient (Wildman–Crippen LogP) is 5.50. The molecule has 4 fully saturated rings. The van der Waals surface area contributed by atoms with Crippen molar-refractivity contribution in [3.8, 4) is 11.8 Å². The minimum absolute atomic E-state index is 0.0484. The van der Waals surface area contributed by atoms with Gasteiger partial charge in [-0.3, -0.25) is 39.1 Å². The van der Waals surface area contributed by atoms with Crippen LogP contribution in [0, 0.1) is 17.2 Å². The van der Waals surface area contributed by atoms with Crippen LogP contribution in [-0.4, -0.2) is 114 Å². The zero-order valence-corrected chi connectivity index (χ0v) is 34.3. The van der Waals surface area contributed by atoms with Crippen molar-refractivity contribution in [3.05, 3.63) is 87.9 Å². The highest BCUT2D eigenvalue weighted by atomic mass is 35.5. The van der Waals surface area contributed by atoms with Gasteiger partial charge in [-0.1, -0.05) is 11.6 Å². The Kier molecular flexibility index (Phi) is 11.6. The molecule has 308 valence electrons. The first-order valence-corrected chi connectivity index (χ1v) is 21.2. The number of nitrogens with one attached hydrogen (secondary N) is 1. The van der Waals surface area contributed by atoms with E-state index in [-0.39, 0.29) is 36.9 Å². The molecule has 5 amide bonds. The number of imide groups is 2. The molecule has 59 heavy (non-hydrogen) atoms. The first-order valence-electron chi connectivity index (χ1n) is 20.8. The van der Waals surface area contributed by atoms with E-state index in [1.54, 1.807) is 30.3 Å². The number of rotatable bonds is 10. The lowest BCUT2D eigenvalue weighted by atomic mass is 9.95. The summed E-state index contributed by atoms with van der Waals surface area (Å²) in [6.45, 7) is 10.6. The molecule has 4 saturated heterocycles. The Hall–Kier alpha value is -5.45. The van der Waals surface area contributed by atoms with Gasteiger partial charge < -0.3 is 19.4 Å². The van der Waals surface area contributed by atoms with Gasteiger partial charge in [-0.25, -0.2) is 0 Å². The molecule has 0 aromatic heterocycles. The second-order valence-electron chi connectivity index (χ2n) is 16.7. The third kappa shape index (κ3) is 8.38. The number of hydrogen-bond acceptors (Lipinski definition) is 10. The summed E-state index contributed by atoms with van der Waals surface area (Å²) in [5.74, 6) is -0.742. The average Bonchev–Trinajstić information content (AvgIpc) is 3.72. The Morgan fingerprint density at radius 3 is 2.24 bits per heavy atom. The van der Waals surface area contributed by atoms with Crippen LogP contribution in [0.2, 0.25) is 5.02 Å². The van der Waals surface area contributed by atoms with Crippen molar-refractivity contribution >= 4 is 52.5 Å². The smallest absolute Gasteiger partial charge is 0.262 e. The molecular weight excluding hydrogens is 770 g/mol. The zero-order valence-electron chi connectivity index (χ0n) is 33.6. The highest BCUT2D eigenvalue weighted by Gasteiger charge is 2.45. The second-order valence-corrected chi connectivity index (χ2v) is 17.1. The van der Waals surface area contributed by atoms with Gasteiger partial charge in [-0.05, 0) is 106 Å². The lowest BCUT2D eigenvalue weighted by molar-refractivity contribution is -0.136. The summed E-state index contributed by atoms with van der Waals surface area (Å²) >= 11 is 6.21. The van der Waals surface area contributed by atoms with Crippen molar-refractivity contribution in [1.29, 1.82) is 5.26 Å². The van der Waals surface area contributed by atoms with E-state index in [1.807, 2.05) is 30.0 Å². The second kappa shape index (κ2) is 17.0. The molecule has 5 aliphatic rings. The van der Waals surface area contributed by atoms with E-state index in [0.717, 1.165) is 87.8 Å². The SMILES string of the molecule is CC(CC1CCC(C)N1C(=O)c1ccc(N2CCN(CC3CCN(c4ccc5c(c4)C(=O)N(C4CCC(=O)NC4=O)C5=O)CC3)CC2)cc1)Oc1ccc(C#N)c(Cl)c1. The number of hydrogen-bond donors (Lipinski definition) is 1. The normalized spacial score (nSPS) is 23.3. The topological polar surface area (TPSA) is 147 Å². The summed E-state index contributed by atoms with van der Waals surface area (Å²) in [5, 5.41) is 11.8. The summed E-state index contributed by atoms with van der Waals surface area (Å²) in [6, 6.07) is 19.8.